The van der Waals surface area contributed by atoms with Crippen molar-refractivity contribution in [2.24, 2.45) is 0 Å². The van der Waals surface area contributed by atoms with Gasteiger partial charge in [0, 0.05) is 16.8 Å². The number of carbonyl (C=O) groups excluding carboxylic acids is 4. The SMILES string of the molecule is CC(=O)c1ccc(NC(=O)c2ccc3c(c2)C(=O)N(Cc2ccco2)C3=O)cc1. The predicted octanol–water partition coefficient (Wildman–Crippen LogP) is 3.53. The molecule has 1 aliphatic heterocycles. The summed E-state index contributed by atoms with van der Waals surface area (Å²) in [6, 6.07) is 14.2. The van der Waals surface area contributed by atoms with Crippen LogP contribution in [-0.2, 0) is 6.54 Å². The second kappa shape index (κ2) is 7.20. The number of hydrogen-bond donors (Lipinski definition) is 1. The highest BCUT2D eigenvalue weighted by molar-refractivity contribution is 6.22. The van der Waals surface area contributed by atoms with E-state index >= 15 is 0 Å². The fourth-order valence-corrected chi connectivity index (χ4v) is 3.13. The van der Waals surface area contributed by atoms with Gasteiger partial charge in [-0.2, -0.15) is 0 Å². The second-order valence-corrected chi connectivity index (χ2v) is 6.62. The van der Waals surface area contributed by atoms with Gasteiger partial charge in [0.1, 0.15) is 5.76 Å². The number of imide groups is 1. The lowest BCUT2D eigenvalue weighted by Crippen LogP contribution is -2.28. The molecule has 2 heterocycles. The average molecular weight is 388 g/mol. The number of Topliss-reactive ketones (excluding diaryl/α,β-unsaturated/α-hetero) is 1. The van der Waals surface area contributed by atoms with Gasteiger partial charge in [-0.25, -0.2) is 0 Å². The van der Waals surface area contributed by atoms with Gasteiger partial charge >= 0.3 is 0 Å². The Morgan fingerprint density at radius 1 is 0.931 bits per heavy atom. The van der Waals surface area contributed by atoms with E-state index in [1.54, 1.807) is 36.4 Å². The topological polar surface area (TPSA) is 96.7 Å². The van der Waals surface area contributed by atoms with Crippen molar-refractivity contribution in [3.05, 3.63) is 88.9 Å². The summed E-state index contributed by atoms with van der Waals surface area (Å²) < 4.78 is 5.21. The van der Waals surface area contributed by atoms with Crippen LogP contribution < -0.4 is 5.32 Å². The summed E-state index contributed by atoms with van der Waals surface area (Å²) >= 11 is 0. The molecule has 3 amide bonds. The van der Waals surface area contributed by atoms with Crippen molar-refractivity contribution in [1.29, 1.82) is 0 Å². The molecular formula is C22H16N2O5. The molecule has 4 rings (SSSR count). The first-order valence-electron chi connectivity index (χ1n) is 8.89. The number of anilines is 1. The van der Waals surface area contributed by atoms with Crippen LogP contribution >= 0.6 is 0 Å². The minimum Gasteiger partial charge on any atom is -0.467 e. The number of nitrogens with zero attached hydrogens (tertiary/aromatic N) is 1. The minimum atomic E-state index is -0.470. The number of amides is 3. The van der Waals surface area contributed by atoms with Crippen LogP contribution in [-0.4, -0.2) is 28.4 Å². The van der Waals surface area contributed by atoms with E-state index in [2.05, 4.69) is 5.32 Å². The van der Waals surface area contributed by atoms with Gasteiger partial charge < -0.3 is 9.73 Å². The Hall–Kier alpha value is -4.00. The highest BCUT2D eigenvalue weighted by Crippen LogP contribution is 2.26. The van der Waals surface area contributed by atoms with E-state index in [-0.39, 0.29) is 29.0 Å². The molecule has 1 N–H and O–H groups in total. The normalized spacial score (nSPS) is 12.8. The zero-order chi connectivity index (χ0) is 20.5. The summed E-state index contributed by atoms with van der Waals surface area (Å²) in [6.07, 6.45) is 1.47. The molecule has 1 aromatic heterocycles. The third-order valence-electron chi connectivity index (χ3n) is 4.68. The largest absolute Gasteiger partial charge is 0.467 e. The molecule has 3 aromatic rings. The van der Waals surface area contributed by atoms with Gasteiger partial charge in [-0.05, 0) is 61.5 Å². The molecular weight excluding hydrogens is 372 g/mol. The number of rotatable bonds is 5. The number of furan rings is 1. The summed E-state index contributed by atoms with van der Waals surface area (Å²) in [5.74, 6) is -0.890. The lowest BCUT2D eigenvalue weighted by molar-refractivity contribution is 0.0631. The number of nitrogens with one attached hydrogen (secondary N) is 1. The van der Waals surface area contributed by atoms with Crippen LogP contribution in [0.4, 0.5) is 5.69 Å². The standard InChI is InChI=1S/C22H16N2O5/c1-13(25)14-4-7-16(8-5-14)23-20(26)15-6-9-18-19(11-15)22(28)24(21(18)27)12-17-3-2-10-29-17/h2-11H,12H2,1H3,(H,23,26). The summed E-state index contributed by atoms with van der Waals surface area (Å²) in [7, 11) is 0. The molecule has 29 heavy (non-hydrogen) atoms. The Morgan fingerprint density at radius 3 is 2.28 bits per heavy atom. The Kier molecular flexibility index (Phi) is 4.56. The van der Waals surface area contributed by atoms with Crippen molar-refractivity contribution in [2.45, 2.75) is 13.5 Å². The number of fused-ring (bicyclic) bond motifs is 1. The van der Waals surface area contributed by atoms with Crippen molar-refractivity contribution >= 4 is 29.2 Å². The van der Waals surface area contributed by atoms with Crippen LogP contribution in [0.5, 0.6) is 0 Å². The molecule has 0 bridgehead atoms. The zero-order valence-electron chi connectivity index (χ0n) is 15.5. The predicted molar refractivity (Wildman–Crippen MR) is 104 cm³/mol. The van der Waals surface area contributed by atoms with Crippen molar-refractivity contribution in [2.75, 3.05) is 5.32 Å². The Bertz CT molecular complexity index is 1130. The first kappa shape index (κ1) is 18.4. The zero-order valence-corrected chi connectivity index (χ0v) is 15.5. The maximum absolute atomic E-state index is 12.7. The summed E-state index contributed by atoms with van der Waals surface area (Å²) in [4.78, 5) is 50.2. The molecule has 0 fully saturated rings. The van der Waals surface area contributed by atoms with E-state index < -0.39 is 17.7 Å². The molecule has 1 aliphatic rings. The van der Waals surface area contributed by atoms with Gasteiger partial charge in [-0.1, -0.05) is 0 Å². The van der Waals surface area contributed by atoms with E-state index in [9.17, 15) is 19.2 Å². The Labute approximate surface area is 165 Å². The monoisotopic (exact) mass is 388 g/mol. The molecule has 7 heteroatoms. The van der Waals surface area contributed by atoms with Crippen LogP contribution in [0, 0.1) is 0 Å². The van der Waals surface area contributed by atoms with Crippen molar-refractivity contribution in [3.8, 4) is 0 Å². The lowest BCUT2D eigenvalue weighted by atomic mass is 10.1. The summed E-state index contributed by atoms with van der Waals surface area (Å²) in [5.41, 5.74) is 1.74. The molecule has 0 unspecified atom stereocenters. The third kappa shape index (κ3) is 3.45. The van der Waals surface area contributed by atoms with E-state index in [4.69, 9.17) is 4.42 Å². The maximum Gasteiger partial charge on any atom is 0.261 e. The highest BCUT2D eigenvalue weighted by Gasteiger charge is 2.36. The summed E-state index contributed by atoms with van der Waals surface area (Å²) in [5, 5.41) is 2.71. The molecule has 0 atom stereocenters. The minimum absolute atomic E-state index is 0.0311. The smallest absolute Gasteiger partial charge is 0.261 e. The first-order valence-corrected chi connectivity index (χ1v) is 8.89. The fraction of sp³-hybridized carbons (Fsp3) is 0.0909. The van der Waals surface area contributed by atoms with Crippen molar-refractivity contribution in [3.63, 3.8) is 0 Å². The van der Waals surface area contributed by atoms with E-state index in [1.807, 2.05) is 0 Å². The van der Waals surface area contributed by atoms with E-state index in [0.717, 1.165) is 4.90 Å². The highest BCUT2D eigenvalue weighted by atomic mass is 16.3. The van der Waals surface area contributed by atoms with Crippen molar-refractivity contribution < 1.29 is 23.6 Å². The molecule has 0 aliphatic carbocycles. The Balaban J connectivity index is 1.53. The third-order valence-corrected chi connectivity index (χ3v) is 4.68. The van der Waals surface area contributed by atoms with Gasteiger partial charge in [-0.3, -0.25) is 24.1 Å². The van der Waals surface area contributed by atoms with Crippen LogP contribution in [0.25, 0.3) is 0 Å². The molecule has 0 saturated carbocycles. The van der Waals surface area contributed by atoms with Gasteiger partial charge in [-0.15, -0.1) is 0 Å². The molecule has 2 aromatic carbocycles. The number of benzene rings is 2. The first-order chi connectivity index (χ1) is 13.9. The van der Waals surface area contributed by atoms with E-state index in [1.165, 1.54) is 31.4 Å². The van der Waals surface area contributed by atoms with Gasteiger partial charge in [0.25, 0.3) is 17.7 Å². The molecule has 0 saturated heterocycles. The van der Waals surface area contributed by atoms with Crippen LogP contribution in [0.2, 0.25) is 0 Å². The van der Waals surface area contributed by atoms with Crippen LogP contribution in [0.15, 0.2) is 65.3 Å². The fourth-order valence-electron chi connectivity index (χ4n) is 3.13. The molecule has 144 valence electrons. The van der Waals surface area contributed by atoms with Crippen LogP contribution in [0.3, 0.4) is 0 Å². The number of carbonyl (C=O) groups is 4. The van der Waals surface area contributed by atoms with Gasteiger partial charge in [0.2, 0.25) is 0 Å². The Morgan fingerprint density at radius 2 is 1.62 bits per heavy atom. The average Bonchev–Trinajstić information content (AvgIpc) is 3.31. The number of ketones is 1. The molecule has 0 spiro atoms. The second-order valence-electron chi connectivity index (χ2n) is 6.62. The van der Waals surface area contributed by atoms with Crippen molar-refractivity contribution in [1.82, 2.24) is 4.90 Å². The quantitative estimate of drug-likeness (QED) is 0.533. The molecule has 7 nitrogen and oxygen atoms in total. The van der Waals surface area contributed by atoms with Gasteiger partial charge in [0.05, 0.1) is 23.9 Å². The lowest BCUT2D eigenvalue weighted by Gasteiger charge is -2.11. The van der Waals surface area contributed by atoms with E-state index in [0.29, 0.717) is 17.0 Å². The molecule has 0 radical (unpaired) electrons. The maximum atomic E-state index is 12.7. The summed E-state index contributed by atoms with van der Waals surface area (Å²) in [6.45, 7) is 1.50. The van der Waals surface area contributed by atoms with Crippen LogP contribution in [0.1, 0.15) is 54.1 Å². The number of hydrogen-bond acceptors (Lipinski definition) is 5. The van der Waals surface area contributed by atoms with Gasteiger partial charge in [0.15, 0.2) is 5.78 Å².